The van der Waals surface area contributed by atoms with E-state index in [2.05, 4.69) is 15.4 Å². The average Bonchev–Trinajstić information content (AvgIpc) is 3.41. The Labute approximate surface area is 202 Å². The summed E-state index contributed by atoms with van der Waals surface area (Å²) < 4.78 is 42.7. The molecule has 0 spiro atoms. The third-order valence-corrected chi connectivity index (χ3v) is 6.73. The molecular weight excluding hydrogens is 471 g/mol. The van der Waals surface area contributed by atoms with Gasteiger partial charge in [-0.05, 0) is 44.2 Å². The Balaban J connectivity index is 1.57. The van der Waals surface area contributed by atoms with Gasteiger partial charge in [-0.3, -0.25) is 4.79 Å². The summed E-state index contributed by atoms with van der Waals surface area (Å²) in [6, 6.07) is 13.5. The Kier molecular flexibility index (Phi) is 6.55. The van der Waals surface area contributed by atoms with Crippen molar-refractivity contribution in [1.29, 1.82) is 0 Å². The third-order valence-electron chi connectivity index (χ3n) is 5.47. The normalized spacial score (nSPS) is 11.7. The van der Waals surface area contributed by atoms with Gasteiger partial charge in [0.25, 0.3) is 5.91 Å². The van der Waals surface area contributed by atoms with Gasteiger partial charge in [-0.1, -0.05) is 17.7 Å². The minimum absolute atomic E-state index is 0.00276. The molecule has 0 radical (unpaired) electrons. The van der Waals surface area contributed by atoms with Gasteiger partial charge < -0.3 is 9.88 Å². The lowest BCUT2D eigenvalue weighted by Gasteiger charge is -2.15. The van der Waals surface area contributed by atoms with E-state index in [9.17, 15) is 17.6 Å². The second-order valence-electron chi connectivity index (χ2n) is 8.27. The van der Waals surface area contributed by atoms with Crippen molar-refractivity contribution < 1.29 is 17.6 Å². The van der Waals surface area contributed by atoms with Gasteiger partial charge in [0.15, 0.2) is 0 Å². The van der Waals surface area contributed by atoms with Gasteiger partial charge in [-0.25, -0.2) is 22.5 Å². The molecule has 0 atom stereocenters. The predicted molar refractivity (Wildman–Crippen MR) is 131 cm³/mol. The SMILES string of the molecule is Cc1ccc(-n2nc(C)cc2C(=O)Nc2ccc(-n3ccnc3CN(C)S(C)(=O)=O)cc2F)cc1. The van der Waals surface area contributed by atoms with Gasteiger partial charge >= 0.3 is 0 Å². The van der Waals surface area contributed by atoms with Crippen LogP contribution in [0.25, 0.3) is 11.4 Å². The van der Waals surface area contributed by atoms with E-state index in [4.69, 9.17) is 0 Å². The van der Waals surface area contributed by atoms with Gasteiger partial charge in [-0.2, -0.15) is 9.40 Å². The number of carbonyl (C=O) groups is 1. The van der Waals surface area contributed by atoms with Crippen LogP contribution in [0.2, 0.25) is 0 Å². The Bertz CT molecular complexity index is 1490. The maximum absolute atomic E-state index is 15.0. The molecule has 35 heavy (non-hydrogen) atoms. The van der Waals surface area contributed by atoms with Crippen molar-refractivity contribution in [2.75, 3.05) is 18.6 Å². The summed E-state index contributed by atoms with van der Waals surface area (Å²) in [5, 5.41) is 7.01. The zero-order chi connectivity index (χ0) is 25.3. The quantitative estimate of drug-likeness (QED) is 0.422. The predicted octanol–water partition coefficient (Wildman–Crippen LogP) is 3.46. The van der Waals surface area contributed by atoms with Crippen LogP contribution < -0.4 is 5.32 Å². The van der Waals surface area contributed by atoms with Crippen LogP contribution in [0.4, 0.5) is 10.1 Å². The maximum Gasteiger partial charge on any atom is 0.274 e. The van der Waals surface area contributed by atoms with Crippen molar-refractivity contribution in [3.8, 4) is 11.4 Å². The highest BCUT2D eigenvalue weighted by Crippen LogP contribution is 2.22. The summed E-state index contributed by atoms with van der Waals surface area (Å²) >= 11 is 0. The molecule has 4 aromatic rings. The number of aryl methyl sites for hydroxylation is 2. The Morgan fingerprint density at radius 3 is 2.43 bits per heavy atom. The summed E-state index contributed by atoms with van der Waals surface area (Å²) in [6.45, 7) is 3.77. The van der Waals surface area contributed by atoms with Crippen LogP contribution in [-0.2, 0) is 16.6 Å². The molecule has 0 unspecified atom stereocenters. The van der Waals surface area contributed by atoms with Crippen LogP contribution in [0.3, 0.4) is 0 Å². The number of carbonyl (C=O) groups excluding carboxylic acids is 1. The molecular formula is C24H25FN6O3S. The number of amides is 1. The Hall–Kier alpha value is -3.83. The van der Waals surface area contributed by atoms with Crippen molar-refractivity contribution >= 4 is 21.6 Å². The first-order chi connectivity index (χ1) is 16.5. The minimum atomic E-state index is -3.41. The molecule has 0 saturated heterocycles. The number of imidazole rings is 1. The number of halogens is 1. The van der Waals surface area contributed by atoms with Crippen LogP contribution >= 0.6 is 0 Å². The molecule has 4 rings (SSSR count). The van der Waals surface area contributed by atoms with E-state index >= 15 is 0 Å². The summed E-state index contributed by atoms with van der Waals surface area (Å²) in [6.07, 6.45) is 4.22. The topological polar surface area (TPSA) is 102 Å². The second kappa shape index (κ2) is 9.43. The van der Waals surface area contributed by atoms with E-state index in [1.807, 2.05) is 31.2 Å². The van der Waals surface area contributed by atoms with Crippen LogP contribution in [0.15, 0.2) is 60.9 Å². The standard InChI is InChI=1S/C24H25FN6O3S/c1-16-5-7-18(8-6-16)31-22(13-17(2)28-31)24(32)27-21-10-9-19(14-20(21)25)30-12-11-26-23(30)15-29(3)35(4,33)34/h5-14H,15H2,1-4H3,(H,27,32). The maximum atomic E-state index is 15.0. The summed E-state index contributed by atoms with van der Waals surface area (Å²) in [5.74, 6) is -0.729. The highest BCUT2D eigenvalue weighted by atomic mass is 32.2. The lowest BCUT2D eigenvalue weighted by molar-refractivity contribution is 0.101. The highest BCUT2D eigenvalue weighted by Gasteiger charge is 2.19. The minimum Gasteiger partial charge on any atom is -0.318 e. The van der Waals surface area contributed by atoms with Crippen molar-refractivity contribution in [1.82, 2.24) is 23.6 Å². The summed E-state index contributed by atoms with van der Waals surface area (Å²) in [4.78, 5) is 17.2. The fourth-order valence-corrected chi connectivity index (χ4v) is 3.84. The van der Waals surface area contributed by atoms with Crippen molar-refractivity contribution in [2.45, 2.75) is 20.4 Å². The molecule has 2 aromatic carbocycles. The largest absolute Gasteiger partial charge is 0.318 e. The van der Waals surface area contributed by atoms with Crippen LogP contribution in [0, 0.1) is 19.7 Å². The Morgan fingerprint density at radius 1 is 1.09 bits per heavy atom. The number of benzene rings is 2. The monoisotopic (exact) mass is 496 g/mol. The Morgan fingerprint density at radius 2 is 1.77 bits per heavy atom. The fraction of sp³-hybridized carbons (Fsp3) is 0.208. The van der Waals surface area contributed by atoms with Gasteiger partial charge in [0, 0.05) is 31.2 Å². The van der Waals surface area contributed by atoms with E-state index < -0.39 is 21.7 Å². The molecule has 2 heterocycles. The highest BCUT2D eigenvalue weighted by molar-refractivity contribution is 7.88. The lowest BCUT2D eigenvalue weighted by Crippen LogP contribution is -2.26. The molecule has 11 heteroatoms. The van der Waals surface area contributed by atoms with E-state index in [1.165, 1.54) is 30.1 Å². The first-order valence-electron chi connectivity index (χ1n) is 10.7. The molecule has 182 valence electrons. The number of nitrogens with one attached hydrogen (secondary N) is 1. The van der Waals surface area contributed by atoms with Gasteiger partial charge in [0.1, 0.15) is 17.3 Å². The lowest BCUT2D eigenvalue weighted by atomic mass is 10.2. The number of aromatic nitrogens is 4. The fourth-order valence-electron chi connectivity index (χ4n) is 3.49. The molecule has 0 aliphatic heterocycles. The van der Waals surface area contributed by atoms with Crippen molar-refractivity contribution in [3.05, 3.63) is 89.5 Å². The molecule has 1 amide bonds. The first kappa shape index (κ1) is 24.3. The number of hydrogen-bond acceptors (Lipinski definition) is 5. The van der Waals surface area contributed by atoms with Gasteiger partial charge in [0.2, 0.25) is 10.0 Å². The molecule has 0 saturated carbocycles. The van der Waals surface area contributed by atoms with Crippen molar-refractivity contribution in [2.24, 2.45) is 0 Å². The van der Waals surface area contributed by atoms with Crippen molar-refractivity contribution in [3.63, 3.8) is 0 Å². The average molecular weight is 497 g/mol. The number of anilines is 1. The summed E-state index contributed by atoms with van der Waals surface area (Å²) in [7, 11) is -1.96. The number of hydrogen-bond donors (Lipinski definition) is 1. The van der Waals surface area contributed by atoms with Crippen LogP contribution in [0.1, 0.15) is 27.6 Å². The van der Waals surface area contributed by atoms with E-state index in [-0.39, 0.29) is 17.9 Å². The molecule has 2 aromatic heterocycles. The van der Waals surface area contributed by atoms with Crippen LogP contribution in [-0.4, -0.2) is 51.3 Å². The first-order valence-corrected chi connectivity index (χ1v) is 12.6. The molecule has 0 fully saturated rings. The zero-order valence-electron chi connectivity index (χ0n) is 19.7. The van der Waals surface area contributed by atoms with E-state index in [0.29, 0.717) is 17.2 Å². The van der Waals surface area contributed by atoms with E-state index in [1.54, 1.807) is 29.8 Å². The summed E-state index contributed by atoms with van der Waals surface area (Å²) in [5.41, 5.74) is 3.17. The van der Waals surface area contributed by atoms with Gasteiger partial charge in [0.05, 0.1) is 29.9 Å². The zero-order valence-corrected chi connectivity index (χ0v) is 20.5. The number of rotatable bonds is 7. The number of nitrogens with zero attached hydrogens (tertiary/aromatic N) is 5. The van der Waals surface area contributed by atoms with Crippen LogP contribution in [0.5, 0.6) is 0 Å². The van der Waals surface area contributed by atoms with Gasteiger partial charge in [-0.15, -0.1) is 0 Å². The molecule has 1 N–H and O–H groups in total. The molecule has 0 aliphatic rings. The molecule has 9 nitrogen and oxygen atoms in total. The second-order valence-corrected chi connectivity index (χ2v) is 10.4. The number of sulfonamides is 1. The molecule has 0 bridgehead atoms. The third kappa shape index (κ3) is 5.31. The molecule has 0 aliphatic carbocycles. The smallest absolute Gasteiger partial charge is 0.274 e. The van der Waals surface area contributed by atoms with E-state index in [0.717, 1.165) is 21.8 Å².